The molecule has 0 radical (unpaired) electrons. The van der Waals surface area contributed by atoms with E-state index in [2.05, 4.69) is 0 Å². The highest BCUT2D eigenvalue weighted by Gasteiger charge is 2.21. The van der Waals surface area contributed by atoms with Crippen molar-refractivity contribution in [3.63, 3.8) is 0 Å². The van der Waals surface area contributed by atoms with Crippen molar-refractivity contribution in [2.24, 2.45) is 0 Å². The van der Waals surface area contributed by atoms with Crippen LogP contribution < -0.4 is 0 Å². The van der Waals surface area contributed by atoms with Gasteiger partial charge in [-0.05, 0) is 12.8 Å². The molecule has 162 valence electrons. The molecule has 0 aromatic carbocycles. The Labute approximate surface area is 152 Å². The summed E-state index contributed by atoms with van der Waals surface area (Å²) < 4.78 is 29.0. The van der Waals surface area contributed by atoms with Crippen LogP contribution in [0.1, 0.15) is 19.3 Å². The summed E-state index contributed by atoms with van der Waals surface area (Å²) >= 11 is 0. The minimum Gasteiger partial charge on any atom is -0.394 e. The third-order valence-corrected chi connectivity index (χ3v) is 2.71. The lowest BCUT2D eigenvalue weighted by Crippen LogP contribution is -2.32. The minimum atomic E-state index is -4.28. The number of hydrogen-bond donors (Lipinski definition) is 9. The Kier molecular flexibility index (Phi) is 33.5. The molecule has 0 heterocycles. The zero-order valence-electron chi connectivity index (χ0n) is 14.5. The standard InChI is InChI=1S/C7H14O6S.3C2H6O2/c8-4-2-1-3-6(9)7(10)5-14(11,12)13;3*3-1-2-4/h4,6-7,9-10H,1-3,5H2,(H,11,12,13);3*3-4H,1-2H2. The average molecular weight is 412 g/mol. The lowest BCUT2D eigenvalue weighted by atomic mass is 10.1. The number of unbranched alkanes of at least 4 members (excludes halogenated alkanes) is 1. The first-order valence-electron chi connectivity index (χ1n) is 7.51. The SMILES string of the molecule is O=CCCCC(O)C(O)CS(=O)(=O)O.OCCO.OCCO.OCCO. The van der Waals surface area contributed by atoms with Crippen LogP contribution in [0.3, 0.4) is 0 Å². The number of carbonyl (C=O) groups excluding carboxylic acids is 1. The van der Waals surface area contributed by atoms with Gasteiger partial charge in [0.1, 0.15) is 12.0 Å². The van der Waals surface area contributed by atoms with Gasteiger partial charge in [-0.3, -0.25) is 4.55 Å². The predicted octanol–water partition coefficient (Wildman–Crippen LogP) is -4.12. The van der Waals surface area contributed by atoms with Gasteiger partial charge >= 0.3 is 0 Å². The molecule has 0 aliphatic heterocycles. The first-order chi connectivity index (χ1) is 12.1. The van der Waals surface area contributed by atoms with Crippen molar-refractivity contribution in [2.75, 3.05) is 45.4 Å². The summed E-state index contributed by atoms with van der Waals surface area (Å²) in [7, 11) is -4.28. The molecule has 0 aromatic rings. The molecule has 2 unspecified atom stereocenters. The lowest BCUT2D eigenvalue weighted by Gasteiger charge is -2.15. The van der Waals surface area contributed by atoms with Crippen LogP contribution in [0.4, 0.5) is 0 Å². The van der Waals surface area contributed by atoms with Crippen LogP contribution >= 0.6 is 0 Å². The number of carbonyl (C=O) groups is 1. The summed E-state index contributed by atoms with van der Waals surface area (Å²) in [6, 6.07) is 0. The molecular weight excluding hydrogens is 380 g/mol. The van der Waals surface area contributed by atoms with Gasteiger partial charge in [0.15, 0.2) is 0 Å². The molecule has 0 spiro atoms. The maximum atomic E-state index is 10.3. The summed E-state index contributed by atoms with van der Waals surface area (Å²) in [6.45, 7) is -0.750. The van der Waals surface area contributed by atoms with E-state index in [0.717, 1.165) is 0 Å². The van der Waals surface area contributed by atoms with Crippen LogP contribution in [0.2, 0.25) is 0 Å². The molecule has 9 N–H and O–H groups in total. The number of aldehydes is 1. The van der Waals surface area contributed by atoms with Crippen molar-refractivity contribution >= 4 is 16.4 Å². The summed E-state index contributed by atoms with van der Waals surface area (Å²) in [5, 5.41) is 64.0. The number of hydrogen-bond acceptors (Lipinski definition) is 11. The quantitative estimate of drug-likeness (QED) is 0.0945. The van der Waals surface area contributed by atoms with E-state index in [1.165, 1.54) is 0 Å². The number of rotatable bonds is 10. The first kappa shape index (κ1) is 32.9. The average Bonchev–Trinajstić information content (AvgIpc) is 2.61. The van der Waals surface area contributed by atoms with E-state index >= 15 is 0 Å². The third-order valence-electron chi connectivity index (χ3n) is 1.95. The van der Waals surface area contributed by atoms with E-state index in [1.807, 2.05) is 0 Å². The largest absolute Gasteiger partial charge is 0.394 e. The molecule has 0 amide bonds. The lowest BCUT2D eigenvalue weighted by molar-refractivity contribution is -0.108. The Morgan fingerprint density at radius 1 is 0.731 bits per heavy atom. The zero-order chi connectivity index (χ0) is 21.4. The van der Waals surface area contributed by atoms with E-state index in [-0.39, 0.29) is 52.5 Å². The van der Waals surface area contributed by atoms with Crippen LogP contribution in [0, 0.1) is 0 Å². The highest BCUT2D eigenvalue weighted by molar-refractivity contribution is 7.85. The maximum Gasteiger partial charge on any atom is 0.267 e. The molecule has 2 atom stereocenters. The highest BCUT2D eigenvalue weighted by atomic mass is 32.2. The van der Waals surface area contributed by atoms with Gasteiger partial charge in [-0.25, -0.2) is 0 Å². The molecule has 0 saturated heterocycles. The summed E-state index contributed by atoms with van der Waals surface area (Å²) in [5.41, 5.74) is 0. The monoisotopic (exact) mass is 412 g/mol. The van der Waals surface area contributed by atoms with Crippen molar-refractivity contribution in [2.45, 2.75) is 31.5 Å². The predicted molar refractivity (Wildman–Crippen MR) is 90.9 cm³/mol. The molecule has 0 bridgehead atoms. The van der Waals surface area contributed by atoms with E-state index < -0.39 is 28.1 Å². The second-order valence-corrected chi connectivity index (χ2v) is 5.82. The molecule has 0 rings (SSSR count). The normalized spacial score (nSPS) is 12.2. The fourth-order valence-electron chi connectivity index (χ4n) is 0.930. The number of aliphatic hydroxyl groups is 8. The second-order valence-electron chi connectivity index (χ2n) is 4.32. The second kappa shape index (κ2) is 26.5. The van der Waals surface area contributed by atoms with Gasteiger partial charge in [0.2, 0.25) is 0 Å². The van der Waals surface area contributed by atoms with Gasteiger partial charge in [-0.1, -0.05) is 0 Å². The fraction of sp³-hybridized carbons (Fsp3) is 0.923. The Hall–Kier alpha value is -0.740. The van der Waals surface area contributed by atoms with Gasteiger partial charge in [0.05, 0.1) is 51.8 Å². The molecular formula is C13H32O12S. The third kappa shape index (κ3) is 43.6. The van der Waals surface area contributed by atoms with Crippen molar-refractivity contribution in [1.82, 2.24) is 0 Å². The van der Waals surface area contributed by atoms with Crippen LogP contribution in [-0.4, -0.2) is 118 Å². The molecule has 13 heteroatoms. The zero-order valence-corrected chi connectivity index (χ0v) is 15.3. The van der Waals surface area contributed by atoms with Crippen molar-refractivity contribution in [3.05, 3.63) is 0 Å². The minimum absolute atomic E-state index is 0.120. The number of aliphatic hydroxyl groups excluding tert-OH is 8. The van der Waals surface area contributed by atoms with Gasteiger partial charge in [-0.15, -0.1) is 0 Å². The Bertz CT molecular complexity index is 334. The smallest absolute Gasteiger partial charge is 0.267 e. The Balaban J connectivity index is -0.000000164. The fourth-order valence-corrected chi connectivity index (χ4v) is 1.58. The van der Waals surface area contributed by atoms with E-state index in [4.69, 9.17) is 45.4 Å². The Morgan fingerprint density at radius 3 is 1.31 bits per heavy atom. The molecule has 12 nitrogen and oxygen atoms in total. The van der Waals surface area contributed by atoms with E-state index in [0.29, 0.717) is 12.7 Å². The molecule has 0 saturated carbocycles. The van der Waals surface area contributed by atoms with Crippen molar-refractivity contribution < 1.29 is 58.6 Å². The Morgan fingerprint density at radius 2 is 1.08 bits per heavy atom. The van der Waals surface area contributed by atoms with Crippen LogP contribution in [0.15, 0.2) is 0 Å². The van der Waals surface area contributed by atoms with Crippen molar-refractivity contribution in [3.8, 4) is 0 Å². The van der Waals surface area contributed by atoms with Crippen molar-refractivity contribution in [1.29, 1.82) is 0 Å². The van der Waals surface area contributed by atoms with Crippen LogP contribution in [0.5, 0.6) is 0 Å². The van der Waals surface area contributed by atoms with Crippen LogP contribution in [0.25, 0.3) is 0 Å². The molecule has 0 fully saturated rings. The molecule has 0 aliphatic rings. The van der Waals surface area contributed by atoms with Crippen LogP contribution in [-0.2, 0) is 14.9 Å². The topological polar surface area (TPSA) is 233 Å². The summed E-state index contributed by atoms with van der Waals surface area (Å²) in [5.74, 6) is -0.894. The van der Waals surface area contributed by atoms with E-state index in [1.54, 1.807) is 0 Å². The summed E-state index contributed by atoms with van der Waals surface area (Å²) in [4.78, 5) is 9.90. The molecule has 0 aliphatic carbocycles. The van der Waals surface area contributed by atoms with Gasteiger partial charge < -0.3 is 45.6 Å². The molecule has 26 heavy (non-hydrogen) atoms. The van der Waals surface area contributed by atoms with Gasteiger partial charge in [0.25, 0.3) is 10.1 Å². The van der Waals surface area contributed by atoms with Gasteiger partial charge in [-0.2, -0.15) is 8.42 Å². The highest BCUT2D eigenvalue weighted by Crippen LogP contribution is 2.06. The van der Waals surface area contributed by atoms with E-state index in [9.17, 15) is 13.2 Å². The van der Waals surface area contributed by atoms with Gasteiger partial charge in [0, 0.05) is 6.42 Å². The summed E-state index contributed by atoms with van der Waals surface area (Å²) in [6.07, 6.45) is -1.35. The maximum absolute atomic E-state index is 10.3. The molecule has 0 aromatic heterocycles. The first-order valence-corrected chi connectivity index (χ1v) is 9.12.